The lowest BCUT2D eigenvalue weighted by atomic mass is 9.91. The molecule has 0 aliphatic carbocycles. The summed E-state index contributed by atoms with van der Waals surface area (Å²) in [5.41, 5.74) is -1.13. The van der Waals surface area contributed by atoms with Gasteiger partial charge in [0.2, 0.25) is 0 Å². The molecule has 1 atom stereocenters. The number of nitrogens with zero attached hydrogens (tertiary/aromatic N) is 1. The fourth-order valence-corrected chi connectivity index (χ4v) is 1.83. The van der Waals surface area contributed by atoms with Gasteiger partial charge < -0.3 is 5.32 Å². The number of likely N-dealkylation sites (N-methyl/N-ethyl adjacent to an activating group) is 1. The Labute approximate surface area is 92.0 Å². The van der Waals surface area contributed by atoms with Crippen molar-refractivity contribution >= 4 is 11.9 Å². The highest BCUT2D eigenvalue weighted by Gasteiger charge is 2.48. The van der Waals surface area contributed by atoms with Gasteiger partial charge in [-0.05, 0) is 13.0 Å². The zero-order valence-corrected chi connectivity index (χ0v) is 8.95. The minimum absolute atomic E-state index is 0.178. The summed E-state index contributed by atoms with van der Waals surface area (Å²) in [5.74, 6) is -0.962. The summed E-state index contributed by atoms with van der Waals surface area (Å²) in [7, 11) is 1.36. The molecule has 0 unspecified atom stereocenters. The zero-order chi connectivity index (χ0) is 11.9. The monoisotopic (exact) mass is 222 g/mol. The number of hydrogen-bond donors (Lipinski definition) is 1. The molecule has 1 aromatic carbocycles. The molecule has 0 aromatic heterocycles. The lowest BCUT2D eigenvalue weighted by Crippen LogP contribution is -2.41. The Kier molecular flexibility index (Phi) is 2.18. The molecule has 1 saturated heterocycles. The van der Waals surface area contributed by atoms with E-state index >= 15 is 0 Å². The maximum absolute atomic E-state index is 13.6. The molecule has 1 aliphatic heterocycles. The Balaban J connectivity index is 2.53. The van der Waals surface area contributed by atoms with Crippen molar-refractivity contribution in [3.05, 3.63) is 35.6 Å². The Hall–Kier alpha value is -1.91. The summed E-state index contributed by atoms with van der Waals surface area (Å²) in [6.45, 7) is 1.50. The SMILES string of the molecule is CN1C(=O)N[C@](C)(c2ccccc2F)C1=O. The first-order valence-electron chi connectivity index (χ1n) is 4.82. The van der Waals surface area contributed by atoms with E-state index in [-0.39, 0.29) is 5.56 Å². The number of rotatable bonds is 1. The van der Waals surface area contributed by atoms with Crippen LogP contribution in [0.4, 0.5) is 9.18 Å². The largest absolute Gasteiger partial charge is 0.325 e. The molecule has 4 nitrogen and oxygen atoms in total. The number of nitrogens with one attached hydrogen (secondary N) is 1. The van der Waals surface area contributed by atoms with Gasteiger partial charge in [-0.1, -0.05) is 18.2 Å². The molecule has 1 heterocycles. The van der Waals surface area contributed by atoms with E-state index in [2.05, 4.69) is 5.32 Å². The molecule has 1 N–H and O–H groups in total. The van der Waals surface area contributed by atoms with Crippen LogP contribution in [-0.4, -0.2) is 23.9 Å². The third-order valence-electron chi connectivity index (χ3n) is 2.81. The molecule has 1 aliphatic rings. The smallest absolute Gasteiger partial charge is 0.319 e. The van der Waals surface area contributed by atoms with Gasteiger partial charge in [-0.25, -0.2) is 9.18 Å². The van der Waals surface area contributed by atoms with Gasteiger partial charge in [0.15, 0.2) is 0 Å². The molecule has 1 fully saturated rings. The molecule has 16 heavy (non-hydrogen) atoms. The average Bonchev–Trinajstić information content (AvgIpc) is 2.44. The standard InChI is InChI=1S/C11H11FN2O2/c1-11(7-5-3-4-6-8(7)12)9(15)14(2)10(16)13-11/h3-6H,1-2H3,(H,13,16)/t11-/m1/s1. The first kappa shape index (κ1) is 10.6. The molecular weight excluding hydrogens is 211 g/mol. The van der Waals surface area contributed by atoms with Crippen molar-refractivity contribution in [3.63, 3.8) is 0 Å². The van der Waals surface area contributed by atoms with Gasteiger partial charge in [0, 0.05) is 12.6 Å². The topological polar surface area (TPSA) is 49.4 Å². The number of benzene rings is 1. The van der Waals surface area contributed by atoms with Gasteiger partial charge in [0.25, 0.3) is 5.91 Å². The predicted molar refractivity (Wildman–Crippen MR) is 55.1 cm³/mol. The van der Waals surface area contributed by atoms with E-state index in [4.69, 9.17) is 0 Å². The lowest BCUT2D eigenvalue weighted by Gasteiger charge is -2.21. The second-order valence-electron chi connectivity index (χ2n) is 3.90. The minimum atomic E-state index is -1.31. The molecule has 1 aromatic rings. The van der Waals surface area contributed by atoms with Crippen molar-refractivity contribution in [1.29, 1.82) is 0 Å². The van der Waals surface area contributed by atoms with Crippen LogP contribution in [0.25, 0.3) is 0 Å². The van der Waals surface area contributed by atoms with Gasteiger partial charge >= 0.3 is 6.03 Å². The van der Waals surface area contributed by atoms with Crippen LogP contribution in [0.3, 0.4) is 0 Å². The van der Waals surface area contributed by atoms with Crippen molar-refractivity contribution in [2.75, 3.05) is 7.05 Å². The van der Waals surface area contributed by atoms with Crippen LogP contribution < -0.4 is 5.32 Å². The van der Waals surface area contributed by atoms with E-state index in [0.717, 1.165) is 4.90 Å². The highest BCUT2D eigenvalue weighted by atomic mass is 19.1. The van der Waals surface area contributed by atoms with E-state index in [9.17, 15) is 14.0 Å². The molecule has 84 valence electrons. The number of carbonyl (C=O) groups excluding carboxylic acids is 2. The molecule has 0 saturated carbocycles. The van der Waals surface area contributed by atoms with Crippen molar-refractivity contribution in [2.45, 2.75) is 12.5 Å². The Morgan fingerprint density at radius 1 is 1.31 bits per heavy atom. The summed E-state index contributed by atoms with van der Waals surface area (Å²) in [6.07, 6.45) is 0. The van der Waals surface area contributed by atoms with Crippen LogP contribution in [0.2, 0.25) is 0 Å². The molecule has 0 spiro atoms. The van der Waals surface area contributed by atoms with Crippen LogP contribution in [-0.2, 0) is 10.3 Å². The van der Waals surface area contributed by atoms with Gasteiger partial charge in [0.05, 0.1) is 0 Å². The summed E-state index contributed by atoms with van der Waals surface area (Å²) >= 11 is 0. The fourth-order valence-electron chi connectivity index (χ4n) is 1.83. The minimum Gasteiger partial charge on any atom is -0.319 e. The van der Waals surface area contributed by atoms with E-state index < -0.39 is 23.3 Å². The second-order valence-corrected chi connectivity index (χ2v) is 3.90. The third kappa shape index (κ3) is 1.28. The molecule has 0 radical (unpaired) electrons. The molecule has 3 amide bonds. The van der Waals surface area contributed by atoms with E-state index in [1.807, 2.05) is 0 Å². The van der Waals surface area contributed by atoms with E-state index in [1.54, 1.807) is 6.07 Å². The molecule has 5 heteroatoms. The summed E-state index contributed by atoms with van der Waals surface area (Å²) in [4.78, 5) is 24.2. The van der Waals surface area contributed by atoms with Crippen molar-refractivity contribution in [3.8, 4) is 0 Å². The first-order chi connectivity index (χ1) is 7.47. The third-order valence-corrected chi connectivity index (χ3v) is 2.81. The Bertz CT molecular complexity index is 475. The Morgan fingerprint density at radius 2 is 1.94 bits per heavy atom. The number of carbonyl (C=O) groups is 2. The highest BCUT2D eigenvalue weighted by Crippen LogP contribution is 2.29. The van der Waals surface area contributed by atoms with Crippen LogP contribution in [0.5, 0.6) is 0 Å². The van der Waals surface area contributed by atoms with Crippen molar-refractivity contribution < 1.29 is 14.0 Å². The average molecular weight is 222 g/mol. The van der Waals surface area contributed by atoms with Gasteiger partial charge in [-0.2, -0.15) is 0 Å². The summed E-state index contributed by atoms with van der Waals surface area (Å²) in [6, 6.07) is 5.40. The molecule has 0 bridgehead atoms. The van der Waals surface area contributed by atoms with Gasteiger partial charge in [0.1, 0.15) is 11.4 Å². The number of imide groups is 1. The quantitative estimate of drug-likeness (QED) is 0.726. The van der Waals surface area contributed by atoms with E-state index in [1.165, 1.54) is 32.2 Å². The van der Waals surface area contributed by atoms with Crippen molar-refractivity contribution in [1.82, 2.24) is 10.2 Å². The Morgan fingerprint density at radius 3 is 2.44 bits per heavy atom. The first-order valence-corrected chi connectivity index (χ1v) is 4.82. The number of amides is 3. The maximum atomic E-state index is 13.6. The second kappa shape index (κ2) is 3.30. The maximum Gasteiger partial charge on any atom is 0.325 e. The number of hydrogen-bond acceptors (Lipinski definition) is 2. The number of halogens is 1. The van der Waals surface area contributed by atoms with E-state index in [0.29, 0.717) is 0 Å². The molecular formula is C11H11FN2O2. The normalized spacial score (nSPS) is 24.8. The van der Waals surface area contributed by atoms with Crippen LogP contribution in [0, 0.1) is 5.82 Å². The summed E-state index contributed by atoms with van der Waals surface area (Å²) in [5, 5.41) is 2.48. The zero-order valence-electron chi connectivity index (χ0n) is 8.95. The van der Waals surface area contributed by atoms with Crippen molar-refractivity contribution in [2.24, 2.45) is 0 Å². The van der Waals surface area contributed by atoms with Gasteiger partial charge in [-0.15, -0.1) is 0 Å². The van der Waals surface area contributed by atoms with Crippen LogP contribution >= 0.6 is 0 Å². The predicted octanol–water partition coefficient (Wildman–Crippen LogP) is 1.22. The fraction of sp³-hybridized carbons (Fsp3) is 0.273. The lowest BCUT2D eigenvalue weighted by molar-refractivity contribution is -0.130. The molecule has 2 rings (SSSR count). The van der Waals surface area contributed by atoms with Crippen LogP contribution in [0.15, 0.2) is 24.3 Å². The van der Waals surface area contributed by atoms with Crippen LogP contribution in [0.1, 0.15) is 12.5 Å². The number of urea groups is 1. The highest BCUT2D eigenvalue weighted by molar-refractivity contribution is 6.06. The summed E-state index contributed by atoms with van der Waals surface area (Å²) < 4.78 is 13.6. The van der Waals surface area contributed by atoms with Gasteiger partial charge in [-0.3, -0.25) is 9.69 Å².